The molecule has 1 aliphatic heterocycles. The lowest BCUT2D eigenvalue weighted by Gasteiger charge is -2.29. The molecule has 0 fully saturated rings. The van der Waals surface area contributed by atoms with Crippen LogP contribution < -0.4 is 15.4 Å². The van der Waals surface area contributed by atoms with Gasteiger partial charge in [0, 0.05) is 32.6 Å². The van der Waals surface area contributed by atoms with Crippen molar-refractivity contribution in [2.75, 3.05) is 10.6 Å². The Labute approximate surface area is 183 Å². The van der Waals surface area contributed by atoms with E-state index in [0.29, 0.717) is 32.0 Å². The molecule has 1 heterocycles. The first-order chi connectivity index (χ1) is 14.0. The van der Waals surface area contributed by atoms with Crippen LogP contribution in [0.1, 0.15) is 10.4 Å². The van der Waals surface area contributed by atoms with Crippen molar-refractivity contribution < 1.29 is 9.53 Å². The number of ketones is 1. The van der Waals surface area contributed by atoms with Gasteiger partial charge in [-0.3, -0.25) is 4.79 Å². The second-order valence-electron chi connectivity index (χ2n) is 6.37. The van der Waals surface area contributed by atoms with Gasteiger partial charge in [-0.05, 0) is 66.7 Å². The molecule has 0 saturated heterocycles. The predicted octanol–water partition coefficient (Wildman–Crippen LogP) is 6.66. The van der Waals surface area contributed by atoms with Gasteiger partial charge in [0.2, 0.25) is 6.23 Å². The standard InChI is InChI=1S/C22H15Cl3N2O2/c23-13-1-6-16(7-2-13)26-12-19-21(28)18-11-15(25)5-10-20(18)29-22(19)27-17-8-3-14(24)4-9-17/h1-12,22,26-27H/b19-12+/t22-/m0/s1. The van der Waals surface area contributed by atoms with E-state index in [1.807, 2.05) is 24.3 Å². The van der Waals surface area contributed by atoms with Gasteiger partial charge < -0.3 is 15.4 Å². The van der Waals surface area contributed by atoms with Crippen LogP contribution in [0.4, 0.5) is 11.4 Å². The Kier molecular flexibility index (Phi) is 5.67. The minimum Gasteiger partial charge on any atom is -0.466 e. The Morgan fingerprint density at radius 1 is 0.793 bits per heavy atom. The summed E-state index contributed by atoms with van der Waals surface area (Å²) >= 11 is 18.0. The van der Waals surface area contributed by atoms with E-state index in [-0.39, 0.29) is 5.78 Å². The Morgan fingerprint density at radius 2 is 1.38 bits per heavy atom. The summed E-state index contributed by atoms with van der Waals surface area (Å²) < 4.78 is 6.06. The summed E-state index contributed by atoms with van der Waals surface area (Å²) in [7, 11) is 0. The van der Waals surface area contributed by atoms with E-state index in [0.717, 1.165) is 11.4 Å². The van der Waals surface area contributed by atoms with Gasteiger partial charge in [0.1, 0.15) is 5.75 Å². The van der Waals surface area contributed by atoms with E-state index in [9.17, 15) is 4.79 Å². The molecule has 7 heteroatoms. The molecule has 0 bridgehead atoms. The highest BCUT2D eigenvalue weighted by Gasteiger charge is 2.32. The average Bonchev–Trinajstić information content (AvgIpc) is 2.71. The van der Waals surface area contributed by atoms with Crippen LogP contribution in [0.15, 0.2) is 78.5 Å². The molecule has 4 nitrogen and oxygen atoms in total. The Balaban J connectivity index is 1.68. The Bertz CT molecular complexity index is 1080. The third-order valence-electron chi connectivity index (χ3n) is 4.36. The molecule has 0 saturated carbocycles. The summed E-state index contributed by atoms with van der Waals surface area (Å²) in [6.07, 6.45) is 0.931. The van der Waals surface area contributed by atoms with Crippen LogP contribution in [-0.2, 0) is 0 Å². The molecule has 2 N–H and O–H groups in total. The van der Waals surface area contributed by atoms with Crippen molar-refractivity contribution in [2.24, 2.45) is 0 Å². The van der Waals surface area contributed by atoms with Gasteiger partial charge in [0.15, 0.2) is 5.78 Å². The zero-order valence-corrected chi connectivity index (χ0v) is 17.2. The van der Waals surface area contributed by atoms with E-state index >= 15 is 0 Å². The number of hydrogen-bond donors (Lipinski definition) is 2. The van der Waals surface area contributed by atoms with E-state index in [2.05, 4.69) is 10.6 Å². The number of halogens is 3. The molecular weight excluding hydrogens is 431 g/mol. The van der Waals surface area contributed by atoms with Gasteiger partial charge in [-0.15, -0.1) is 0 Å². The summed E-state index contributed by atoms with van der Waals surface area (Å²) in [4.78, 5) is 13.2. The lowest BCUT2D eigenvalue weighted by Crippen LogP contribution is -2.37. The van der Waals surface area contributed by atoms with E-state index < -0.39 is 6.23 Å². The molecular formula is C22H15Cl3N2O2. The number of rotatable bonds is 4. The minimum absolute atomic E-state index is 0.179. The zero-order valence-electron chi connectivity index (χ0n) is 15.0. The average molecular weight is 446 g/mol. The third-order valence-corrected chi connectivity index (χ3v) is 5.10. The molecule has 0 aromatic heterocycles. The fraction of sp³-hybridized carbons (Fsp3) is 0.0455. The van der Waals surface area contributed by atoms with Crippen LogP contribution in [0, 0.1) is 0 Å². The number of hydrogen-bond acceptors (Lipinski definition) is 4. The molecule has 0 aliphatic carbocycles. The van der Waals surface area contributed by atoms with Crippen LogP contribution in [0.25, 0.3) is 0 Å². The normalized spacial score (nSPS) is 16.9. The summed E-state index contributed by atoms with van der Waals surface area (Å²) in [5.41, 5.74) is 2.37. The van der Waals surface area contributed by atoms with Gasteiger partial charge in [-0.1, -0.05) is 34.8 Å². The highest BCUT2D eigenvalue weighted by Crippen LogP contribution is 2.33. The molecule has 1 atom stereocenters. The quantitative estimate of drug-likeness (QED) is 0.441. The van der Waals surface area contributed by atoms with Crippen molar-refractivity contribution >= 4 is 52.0 Å². The SMILES string of the molecule is O=C1/C(=C\Nc2ccc(Cl)cc2)[C@@H](Nc2ccc(Cl)cc2)Oc2ccc(Cl)cc21. The van der Waals surface area contributed by atoms with Crippen molar-refractivity contribution in [3.8, 4) is 5.75 Å². The molecule has 0 radical (unpaired) electrons. The highest BCUT2D eigenvalue weighted by atomic mass is 35.5. The topological polar surface area (TPSA) is 50.4 Å². The van der Waals surface area contributed by atoms with Crippen LogP contribution >= 0.6 is 34.8 Å². The number of carbonyl (C=O) groups is 1. The van der Waals surface area contributed by atoms with Crippen LogP contribution in [-0.4, -0.2) is 12.0 Å². The smallest absolute Gasteiger partial charge is 0.201 e. The molecule has 1 aliphatic rings. The number of nitrogens with one attached hydrogen (secondary N) is 2. The zero-order chi connectivity index (χ0) is 20.4. The summed E-state index contributed by atoms with van der Waals surface area (Å²) in [5.74, 6) is 0.288. The molecule has 3 aromatic rings. The Morgan fingerprint density at radius 3 is 2.03 bits per heavy atom. The summed E-state index contributed by atoms with van der Waals surface area (Å²) in [6.45, 7) is 0. The third kappa shape index (κ3) is 4.51. The second-order valence-corrected chi connectivity index (χ2v) is 7.68. The maximum absolute atomic E-state index is 13.2. The largest absolute Gasteiger partial charge is 0.466 e. The summed E-state index contributed by atoms with van der Waals surface area (Å²) in [6, 6.07) is 19.3. The number of fused-ring (bicyclic) bond motifs is 1. The van der Waals surface area contributed by atoms with Crippen molar-refractivity contribution in [3.63, 3.8) is 0 Å². The Hall–Kier alpha value is -2.66. The number of Topliss-reactive ketones (excluding diaryl/α,β-unsaturated/α-hetero) is 1. The van der Waals surface area contributed by atoms with Crippen molar-refractivity contribution in [2.45, 2.75) is 6.23 Å². The van der Waals surface area contributed by atoms with Crippen molar-refractivity contribution in [1.82, 2.24) is 0 Å². The van der Waals surface area contributed by atoms with Gasteiger partial charge >= 0.3 is 0 Å². The number of ether oxygens (including phenoxy) is 1. The molecule has 29 heavy (non-hydrogen) atoms. The first-order valence-electron chi connectivity index (χ1n) is 8.75. The van der Waals surface area contributed by atoms with Crippen molar-refractivity contribution in [3.05, 3.63) is 99.1 Å². The van der Waals surface area contributed by atoms with Gasteiger partial charge in [0.25, 0.3) is 0 Å². The van der Waals surface area contributed by atoms with E-state index in [1.54, 1.807) is 48.7 Å². The van der Waals surface area contributed by atoms with Gasteiger partial charge in [-0.25, -0.2) is 0 Å². The van der Waals surface area contributed by atoms with Crippen LogP contribution in [0.2, 0.25) is 15.1 Å². The minimum atomic E-state index is -0.697. The summed E-state index contributed by atoms with van der Waals surface area (Å²) in [5, 5.41) is 8.07. The molecule has 3 aromatic carbocycles. The van der Waals surface area contributed by atoms with Crippen LogP contribution in [0.5, 0.6) is 5.75 Å². The molecule has 146 valence electrons. The molecule has 4 rings (SSSR count). The number of benzene rings is 3. The predicted molar refractivity (Wildman–Crippen MR) is 118 cm³/mol. The first kappa shape index (κ1) is 19.6. The van der Waals surface area contributed by atoms with Crippen LogP contribution in [0.3, 0.4) is 0 Å². The first-order valence-corrected chi connectivity index (χ1v) is 9.88. The highest BCUT2D eigenvalue weighted by molar-refractivity contribution is 6.31. The fourth-order valence-corrected chi connectivity index (χ4v) is 3.32. The second kappa shape index (κ2) is 8.37. The maximum atomic E-state index is 13.2. The fourth-order valence-electron chi connectivity index (χ4n) is 2.90. The maximum Gasteiger partial charge on any atom is 0.201 e. The lowest BCUT2D eigenvalue weighted by molar-refractivity contribution is 0.0973. The van der Waals surface area contributed by atoms with E-state index in [1.165, 1.54) is 0 Å². The number of anilines is 2. The number of carbonyl (C=O) groups excluding carboxylic acids is 1. The van der Waals surface area contributed by atoms with Gasteiger partial charge in [0.05, 0.1) is 11.1 Å². The molecule has 0 spiro atoms. The van der Waals surface area contributed by atoms with Gasteiger partial charge in [-0.2, -0.15) is 0 Å². The molecule has 0 amide bonds. The van der Waals surface area contributed by atoms with E-state index in [4.69, 9.17) is 39.5 Å². The lowest BCUT2D eigenvalue weighted by atomic mass is 9.98. The van der Waals surface area contributed by atoms with Crippen molar-refractivity contribution in [1.29, 1.82) is 0 Å². The molecule has 0 unspecified atom stereocenters. The monoisotopic (exact) mass is 444 g/mol.